The highest BCUT2D eigenvalue weighted by Gasteiger charge is 2.37. The number of rotatable bonds is 4. The lowest BCUT2D eigenvalue weighted by molar-refractivity contribution is 0.0369. The third-order valence-corrected chi connectivity index (χ3v) is 3.15. The van der Waals surface area contributed by atoms with Gasteiger partial charge in [-0.05, 0) is 23.9 Å². The van der Waals surface area contributed by atoms with Gasteiger partial charge < -0.3 is 0 Å². The average Bonchev–Trinajstić information content (AvgIpc) is 2.14. The number of nitrogens with two attached hydrogens (primary N) is 1. The highest BCUT2D eigenvalue weighted by atomic mass is 35.5. The smallest absolute Gasteiger partial charge is 0.271 e. The summed E-state index contributed by atoms with van der Waals surface area (Å²) in [5, 5.41) is -3.24. The number of hydrogen-bond acceptors (Lipinski definition) is 2. The highest BCUT2D eigenvalue weighted by Crippen LogP contribution is 2.33. The van der Waals surface area contributed by atoms with Crippen molar-refractivity contribution in [3.05, 3.63) is 0 Å². The molecule has 0 amide bonds. The van der Waals surface area contributed by atoms with Crippen molar-refractivity contribution < 1.29 is 8.78 Å². The van der Waals surface area contributed by atoms with Crippen molar-refractivity contribution in [3.8, 4) is 0 Å². The van der Waals surface area contributed by atoms with Crippen LogP contribution in [0, 0.1) is 5.92 Å². The SMILES string of the molecule is NNC(CC1CCCCC1)C(F)(F)Cl. The maximum absolute atomic E-state index is 12.8. The minimum Gasteiger partial charge on any atom is -0.271 e. The summed E-state index contributed by atoms with van der Waals surface area (Å²) in [6.45, 7) is 0. The summed E-state index contributed by atoms with van der Waals surface area (Å²) in [4.78, 5) is 0. The van der Waals surface area contributed by atoms with Crippen molar-refractivity contribution >= 4 is 11.6 Å². The zero-order chi connectivity index (χ0) is 10.6. The third-order valence-electron chi connectivity index (χ3n) is 2.89. The van der Waals surface area contributed by atoms with Crippen LogP contribution in [0.5, 0.6) is 0 Å². The first kappa shape index (κ1) is 12.1. The van der Waals surface area contributed by atoms with Crippen molar-refractivity contribution in [1.29, 1.82) is 0 Å². The molecule has 1 aliphatic rings. The van der Waals surface area contributed by atoms with Crippen LogP contribution in [-0.4, -0.2) is 11.4 Å². The van der Waals surface area contributed by atoms with Crippen LogP contribution in [0.4, 0.5) is 8.78 Å². The topological polar surface area (TPSA) is 38.0 Å². The molecule has 0 bridgehead atoms. The largest absolute Gasteiger partial charge is 0.338 e. The Balaban J connectivity index is 2.39. The predicted octanol–water partition coefficient (Wildman–Crippen LogP) is 2.62. The van der Waals surface area contributed by atoms with Crippen molar-refractivity contribution in [3.63, 3.8) is 0 Å². The van der Waals surface area contributed by atoms with E-state index in [2.05, 4.69) is 5.43 Å². The second-order valence-corrected chi connectivity index (χ2v) is 4.50. The Morgan fingerprint density at radius 2 is 1.93 bits per heavy atom. The van der Waals surface area contributed by atoms with Gasteiger partial charge in [0.2, 0.25) is 0 Å². The van der Waals surface area contributed by atoms with Gasteiger partial charge in [0.25, 0.3) is 0 Å². The molecule has 1 rings (SSSR count). The van der Waals surface area contributed by atoms with Gasteiger partial charge in [-0.2, -0.15) is 8.78 Å². The maximum atomic E-state index is 12.8. The summed E-state index contributed by atoms with van der Waals surface area (Å²) in [6.07, 6.45) is 5.89. The lowest BCUT2D eigenvalue weighted by atomic mass is 9.85. The van der Waals surface area contributed by atoms with E-state index in [-0.39, 0.29) is 0 Å². The first-order valence-corrected chi connectivity index (χ1v) is 5.44. The van der Waals surface area contributed by atoms with Crippen LogP contribution in [-0.2, 0) is 0 Å². The van der Waals surface area contributed by atoms with E-state index in [1.165, 1.54) is 6.42 Å². The van der Waals surface area contributed by atoms with E-state index in [1.54, 1.807) is 0 Å². The Bertz CT molecular complexity index is 167. The van der Waals surface area contributed by atoms with Crippen LogP contribution >= 0.6 is 11.6 Å². The molecular formula is C9H17ClF2N2. The molecule has 5 heteroatoms. The first-order valence-electron chi connectivity index (χ1n) is 5.07. The fourth-order valence-electron chi connectivity index (χ4n) is 2.05. The van der Waals surface area contributed by atoms with Gasteiger partial charge in [0.15, 0.2) is 0 Å². The first-order chi connectivity index (χ1) is 6.54. The van der Waals surface area contributed by atoms with E-state index in [0.29, 0.717) is 12.3 Å². The van der Waals surface area contributed by atoms with Crippen LogP contribution in [0.2, 0.25) is 0 Å². The average molecular weight is 227 g/mol. The third kappa shape index (κ3) is 3.67. The molecule has 1 atom stereocenters. The number of hydrogen-bond donors (Lipinski definition) is 2. The lowest BCUT2D eigenvalue weighted by Gasteiger charge is -2.28. The van der Waals surface area contributed by atoms with Gasteiger partial charge >= 0.3 is 5.38 Å². The van der Waals surface area contributed by atoms with Crippen molar-refractivity contribution in [2.75, 3.05) is 0 Å². The van der Waals surface area contributed by atoms with Gasteiger partial charge in [-0.3, -0.25) is 5.84 Å². The monoisotopic (exact) mass is 226 g/mol. The standard InChI is InChI=1S/C9H17ClF2N2/c10-9(11,12)8(14-13)6-7-4-2-1-3-5-7/h7-8,14H,1-6,13H2. The molecule has 3 N–H and O–H groups in total. The van der Waals surface area contributed by atoms with E-state index >= 15 is 0 Å². The normalized spacial score (nSPS) is 22.3. The number of hydrazine groups is 1. The molecule has 0 aromatic carbocycles. The van der Waals surface area contributed by atoms with E-state index in [4.69, 9.17) is 17.4 Å². The fourth-order valence-corrected chi connectivity index (χ4v) is 2.20. The Morgan fingerprint density at radius 1 is 1.36 bits per heavy atom. The zero-order valence-corrected chi connectivity index (χ0v) is 8.86. The molecule has 14 heavy (non-hydrogen) atoms. The molecule has 1 saturated carbocycles. The molecule has 1 unspecified atom stereocenters. The van der Waals surface area contributed by atoms with Crippen LogP contribution < -0.4 is 11.3 Å². The Kier molecular flexibility index (Phi) is 4.54. The molecule has 84 valence electrons. The minimum absolute atomic E-state index is 0.342. The van der Waals surface area contributed by atoms with Gasteiger partial charge in [0.1, 0.15) is 0 Å². The quantitative estimate of drug-likeness (QED) is 0.439. The van der Waals surface area contributed by atoms with Crippen molar-refractivity contribution in [2.45, 2.75) is 49.9 Å². The van der Waals surface area contributed by atoms with Gasteiger partial charge in [0, 0.05) is 0 Å². The summed E-state index contributed by atoms with van der Waals surface area (Å²) in [5.41, 5.74) is 2.11. The van der Waals surface area contributed by atoms with Crippen LogP contribution in [0.1, 0.15) is 38.5 Å². The van der Waals surface area contributed by atoms with Crippen molar-refractivity contribution in [2.24, 2.45) is 11.8 Å². The van der Waals surface area contributed by atoms with Gasteiger partial charge in [0.05, 0.1) is 6.04 Å². The highest BCUT2D eigenvalue weighted by molar-refractivity contribution is 6.22. The summed E-state index contributed by atoms with van der Waals surface area (Å²) < 4.78 is 25.5. The zero-order valence-electron chi connectivity index (χ0n) is 8.11. The summed E-state index contributed by atoms with van der Waals surface area (Å²) in [5.74, 6) is 5.40. The molecule has 0 aromatic rings. The van der Waals surface area contributed by atoms with Gasteiger partial charge in [-0.1, -0.05) is 32.1 Å². The minimum atomic E-state index is -3.24. The van der Waals surface area contributed by atoms with Gasteiger partial charge in [-0.15, -0.1) is 0 Å². The van der Waals surface area contributed by atoms with E-state index in [9.17, 15) is 8.78 Å². The molecule has 0 spiro atoms. The summed E-state index contributed by atoms with van der Waals surface area (Å²) in [6, 6.07) is -1.10. The maximum Gasteiger partial charge on any atom is 0.338 e. The fraction of sp³-hybridized carbons (Fsp3) is 1.00. The Labute approximate surface area is 88.1 Å². The Hall–Kier alpha value is 0.0700. The van der Waals surface area contributed by atoms with E-state index < -0.39 is 11.4 Å². The van der Waals surface area contributed by atoms with Crippen LogP contribution in [0.15, 0.2) is 0 Å². The molecule has 0 heterocycles. The molecular weight excluding hydrogens is 210 g/mol. The second kappa shape index (κ2) is 5.24. The van der Waals surface area contributed by atoms with Crippen LogP contribution in [0.3, 0.4) is 0 Å². The molecule has 0 aromatic heterocycles. The van der Waals surface area contributed by atoms with Crippen molar-refractivity contribution in [1.82, 2.24) is 5.43 Å². The number of alkyl halides is 3. The molecule has 1 aliphatic carbocycles. The Morgan fingerprint density at radius 3 is 2.36 bits per heavy atom. The molecule has 1 fully saturated rings. The molecule has 2 nitrogen and oxygen atoms in total. The van der Waals surface area contributed by atoms with Gasteiger partial charge in [-0.25, -0.2) is 5.43 Å². The number of halogens is 3. The predicted molar refractivity (Wildman–Crippen MR) is 53.1 cm³/mol. The van der Waals surface area contributed by atoms with Crippen LogP contribution in [0.25, 0.3) is 0 Å². The molecule has 0 radical (unpaired) electrons. The summed E-state index contributed by atoms with van der Waals surface area (Å²) >= 11 is 4.94. The van der Waals surface area contributed by atoms with E-state index in [0.717, 1.165) is 25.7 Å². The molecule has 0 saturated heterocycles. The van der Waals surface area contributed by atoms with E-state index in [1.807, 2.05) is 0 Å². The summed E-state index contributed by atoms with van der Waals surface area (Å²) in [7, 11) is 0. The lowest BCUT2D eigenvalue weighted by Crippen LogP contribution is -2.46. The molecule has 0 aliphatic heterocycles. The number of nitrogens with one attached hydrogen (secondary N) is 1. The second-order valence-electron chi connectivity index (χ2n) is 4.00.